The molecular formula is C15H18O3. The summed E-state index contributed by atoms with van der Waals surface area (Å²) in [4.78, 5) is 12.0. The number of hydrogen-bond acceptors (Lipinski definition) is 3. The first kappa shape index (κ1) is 11.6. The SMILES string of the molecule is O=C1CCCCC1c1ccc2c(c1)OCCCO2. The third-order valence-electron chi connectivity index (χ3n) is 3.73. The monoisotopic (exact) mass is 246 g/mol. The van der Waals surface area contributed by atoms with Crippen LogP contribution in [0.25, 0.3) is 0 Å². The highest BCUT2D eigenvalue weighted by Crippen LogP contribution is 2.36. The smallest absolute Gasteiger partial charge is 0.161 e. The van der Waals surface area contributed by atoms with Gasteiger partial charge in [-0.3, -0.25) is 4.79 Å². The molecule has 0 N–H and O–H groups in total. The molecule has 1 atom stereocenters. The van der Waals surface area contributed by atoms with Gasteiger partial charge in [-0.05, 0) is 30.5 Å². The molecule has 0 aromatic heterocycles. The van der Waals surface area contributed by atoms with Gasteiger partial charge in [-0.1, -0.05) is 12.5 Å². The fraction of sp³-hybridized carbons (Fsp3) is 0.533. The summed E-state index contributed by atoms with van der Waals surface area (Å²) in [6.45, 7) is 1.39. The van der Waals surface area contributed by atoms with Crippen LogP contribution in [0.3, 0.4) is 0 Å². The third-order valence-corrected chi connectivity index (χ3v) is 3.73. The minimum absolute atomic E-state index is 0.0657. The maximum absolute atomic E-state index is 12.0. The quantitative estimate of drug-likeness (QED) is 0.764. The summed E-state index contributed by atoms with van der Waals surface area (Å²) in [6, 6.07) is 5.95. The summed E-state index contributed by atoms with van der Waals surface area (Å²) < 4.78 is 11.3. The number of carbonyl (C=O) groups excluding carboxylic acids is 1. The third kappa shape index (κ3) is 2.22. The zero-order valence-corrected chi connectivity index (χ0v) is 10.5. The van der Waals surface area contributed by atoms with E-state index in [0.717, 1.165) is 49.2 Å². The molecule has 1 fully saturated rings. The van der Waals surface area contributed by atoms with Crippen LogP contribution in [0.4, 0.5) is 0 Å². The Bertz CT molecular complexity index is 453. The summed E-state index contributed by atoms with van der Waals surface area (Å²) in [5.74, 6) is 2.04. The molecule has 18 heavy (non-hydrogen) atoms. The number of ether oxygens (including phenoxy) is 2. The highest BCUT2D eigenvalue weighted by Gasteiger charge is 2.25. The highest BCUT2D eigenvalue weighted by atomic mass is 16.5. The molecule has 0 spiro atoms. The lowest BCUT2D eigenvalue weighted by Crippen LogP contribution is -2.17. The molecule has 1 heterocycles. The van der Waals surface area contributed by atoms with Crippen LogP contribution in [-0.4, -0.2) is 19.0 Å². The summed E-state index contributed by atoms with van der Waals surface area (Å²) in [7, 11) is 0. The van der Waals surface area contributed by atoms with E-state index in [-0.39, 0.29) is 5.92 Å². The summed E-state index contributed by atoms with van der Waals surface area (Å²) in [5.41, 5.74) is 1.09. The van der Waals surface area contributed by atoms with Gasteiger partial charge in [0.2, 0.25) is 0 Å². The average molecular weight is 246 g/mol. The summed E-state index contributed by atoms with van der Waals surface area (Å²) in [6.07, 6.45) is 4.79. The number of rotatable bonds is 1. The van der Waals surface area contributed by atoms with Crippen molar-refractivity contribution in [1.82, 2.24) is 0 Å². The zero-order valence-electron chi connectivity index (χ0n) is 10.5. The van der Waals surface area contributed by atoms with Crippen molar-refractivity contribution in [3.63, 3.8) is 0 Å². The standard InChI is InChI=1S/C15H18O3/c16-13-5-2-1-4-12(13)11-6-7-14-15(10-11)18-9-3-8-17-14/h6-7,10,12H,1-5,8-9H2. The lowest BCUT2D eigenvalue weighted by molar-refractivity contribution is -0.121. The van der Waals surface area contributed by atoms with E-state index in [0.29, 0.717) is 19.0 Å². The number of hydrogen-bond donors (Lipinski definition) is 0. The van der Waals surface area contributed by atoms with Crippen molar-refractivity contribution >= 4 is 5.78 Å². The van der Waals surface area contributed by atoms with Gasteiger partial charge in [-0.25, -0.2) is 0 Å². The van der Waals surface area contributed by atoms with Crippen LogP contribution >= 0.6 is 0 Å². The Morgan fingerprint density at radius 2 is 1.83 bits per heavy atom. The maximum Gasteiger partial charge on any atom is 0.161 e. The lowest BCUT2D eigenvalue weighted by atomic mass is 9.83. The molecule has 0 bridgehead atoms. The first-order valence-electron chi connectivity index (χ1n) is 6.77. The minimum atomic E-state index is 0.0657. The van der Waals surface area contributed by atoms with E-state index in [1.165, 1.54) is 0 Å². The normalized spacial score (nSPS) is 23.6. The molecule has 0 saturated heterocycles. The summed E-state index contributed by atoms with van der Waals surface area (Å²) >= 11 is 0. The van der Waals surface area contributed by atoms with Gasteiger partial charge >= 0.3 is 0 Å². The number of benzene rings is 1. The van der Waals surface area contributed by atoms with E-state index in [9.17, 15) is 4.79 Å². The second-order valence-corrected chi connectivity index (χ2v) is 5.02. The molecule has 1 aromatic rings. The topological polar surface area (TPSA) is 35.5 Å². The Morgan fingerprint density at radius 1 is 1.00 bits per heavy atom. The number of carbonyl (C=O) groups is 1. The van der Waals surface area contributed by atoms with E-state index in [2.05, 4.69) is 0 Å². The first-order chi connectivity index (χ1) is 8.84. The van der Waals surface area contributed by atoms with Gasteiger partial charge in [0.1, 0.15) is 5.78 Å². The highest BCUT2D eigenvalue weighted by molar-refractivity contribution is 5.86. The van der Waals surface area contributed by atoms with Gasteiger partial charge in [0.05, 0.1) is 13.2 Å². The number of ketones is 1. The Balaban J connectivity index is 1.88. The minimum Gasteiger partial charge on any atom is -0.490 e. The molecule has 1 unspecified atom stereocenters. The van der Waals surface area contributed by atoms with Gasteiger partial charge in [0, 0.05) is 18.8 Å². The largest absolute Gasteiger partial charge is 0.490 e. The number of Topliss-reactive ketones (excluding diaryl/α,β-unsaturated/α-hetero) is 1. The Kier molecular flexibility index (Phi) is 3.22. The van der Waals surface area contributed by atoms with Gasteiger partial charge in [-0.15, -0.1) is 0 Å². The molecule has 1 aliphatic heterocycles. The maximum atomic E-state index is 12.0. The van der Waals surface area contributed by atoms with Crippen molar-refractivity contribution in [3.8, 4) is 11.5 Å². The molecule has 2 aliphatic rings. The molecule has 1 saturated carbocycles. The van der Waals surface area contributed by atoms with Gasteiger partial charge in [-0.2, -0.15) is 0 Å². The molecule has 3 rings (SSSR count). The van der Waals surface area contributed by atoms with Crippen LogP contribution in [0.5, 0.6) is 11.5 Å². The average Bonchev–Trinajstić information content (AvgIpc) is 2.63. The first-order valence-corrected chi connectivity index (χ1v) is 6.77. The van der Waals surface area contributed by atoms with E-state index >= 15 is 0 Å². The lowest BCUT2D eigenvalue weighted by Gasteiger charge is -2.21. The van der Waals surface area contributed by atoms with E-state index in [1.807, 2.05) is 18.2 Å². The van der Waals surface area contributed by atoms with Crippen molar-refractivity contribution in [1.29, 1.82) is 0 Å². The second-order valence-electron chi connectivity index (χ2n) is 5.02. The van der Waals surface area contributed by atoms with Crippen LogP contribution in [0.15, 0.2) is 18.2 Å². The molecule has 96 valence electrons. The molecular weight excluding hydrogens is 228 g/mol. The molecule has 0 radical (unpaired) electrons. The molecule has 3 nitrogen and oxygen atoms in total. The molecule has 0 amide bonds. The summed E-state index contributed by atoms with van der Waals surface area (Å²) in [5, 5.41) is 0. The Hall–Kier alpha value is -1.51. The van der Waals surface area contributed by atoms with Crippen LogP contribution in [-0.2, 0) is 4.79 Å². The van der Waals surface area contributed by atoms with Crippen molar-refractivity contribution in [2.45, 2.75) is 38.0 Å². The van der Waals surface area contributed by atoms with Crippen molar-refractivity contribution < 1.29 is 14.3 Å². The van der Waals surface area contributed by atoms with Crippen LogP contribution in [0, 0.1) is 0 Å². The van der Waals surface area contributed by atoms with E-state index in [1.54, 1.807) is 0 Å². The zero-order chi connectivity index (χ0) is 12.4. The molecule has 1 aliphatic carbocycles. The van der Waals surface area contributed by atoms with Gasteiger partial charge in [0.25, 0.3) is 0 Å². The van der Waals surface area contributed by atoms with Crippen molar-refractivity contribution in [3.05, 3.63) is 23.8 Å². The molecule has 1 aromatic carbocycles. The fourth-order valence-electron chi connectivity index (χ4n) is 2.73. The van der Waals surface area contributed by atoms with Crippen molar-refractivity contribution in [2.75, 3.05) is 13.2 Å². The second kappa shape index (κ2) is 5.01. The van der Waals surface area contributed by atoms with Crippen molar-refractivity contribution in [2.24, 2.45) is 0 Å². The number of fused-ring (bicyclic) bond motifs is 1. The van der Waals surface area contributed by atoms with Crippen LogP contribution in [0.2, 0.25) is 0 Å². The van der Waals surface area contributed by atoms with E-state index < -0.39 is 0 Å². The predicted molar refractivity (Wildman–Crippen MR) is 68.3 cm³/mol. The fourth-order valence-corrected chi connectivity index (χ4v) is 2.73. The molecule has 3 heteroatoms. The predicted octanol–water partition coefficient (Wildman–Crippen LogP) is 3.07. The van der Waals surface area contributed by atoms with Crippen LogP contribution in [0.1, 0.15) is 43.6 Å². The van der Waals surface area contributed by atoms with Crippen LogP contribution < -0.4 is 9.47 Å². The Morgan fingerprint density at radius 3 is 2.67 bits per heavy atom. The Labute approximate surface area is 107 Å². The van der Waals surface area contributed by atoms with Gasteiger partial charge < -0.3 is 9.47 Å². The van der Waals surface area contributed by atoms with Gasteiger partial charge in [0.15, 0.2) is 11.5 Å². The van der Waals surface area contributed by atoms with E-state index in [4.69, 9.17) is 9.47 Å².